The maximum Gasteiger partial charge on any atom is 0.0756 e. The summed E-state index contributed by atoms with van der Waals surface area (Å²) in [5.41, 5.74) is 0. The van der Waals surface area contributed by atoms with Crippen LogP contribution in [0.4, 0.5) is 0 Å². The fourth-order valence-corrected chi connectivity index (χ4v) is 6.00. The third kappa shape index (κ3) is 6.91. The van der Waals surface area contributed by atoms with Gasteiger partial charge in [0.2, 0.25) is 0 Å². The van der Waals surface area contributed by atoms with E-state index < -0.39 is 0 Å². The van der Waals surface area contributed by atoms with E-state index in [0.29, 0.717) is 6.10 Å². The smallest absolute Gasteiger partial charge is 0.0756 e. The molecule has 2 saturated carbocycles. The van der Waals surface area contributed by atoms with E-state index in [1.165, 1.54) is 96.3 Å². The molecule has 3 rings (SSSR count). The lowest BCUT2D eigenvalue weighted by Crippen LogP contribution is -2.27. The molecule has 2 atom stereocenters. The molecule has 0 aromatic carbocycles. The standard InChI is InChI=1S/C26H46O/c1-3-5-6-7-22-12-14-24(15-13-22)25-16-18-26(19-17-25)27-20-23-10-8-21(4-2)9-11-23/h16,18,21-26H,3-15,17,19-20H2,1-2H3. The van der Waals surface area contributed by atoms with Crippen molar-refractivity contribution >= 4 is 0 Å². The summed E-state index contributed by atoms with van der Waals surface area (Å²) in [6.07, 6.45) is 26.8. The van der Waals surface area contributed by atoms with Crippen molar-refractivity contribution in [3.63, 3.8) is 0 Å². The minimum absolute atomic E-state index is 0.413. The van der Waals surface area contributed by atoms with Crippen LogP contribution < -0.4 is 0 Å². The van der Waals surface area contributed by atoms with Crippen molar-refractivity contribution in [3.05, 3.63) is 12.2 Å². The molecule has 0 amide bonds. The molecule has 0 bridgehead atoms. The molecule has 0 N–H and O–H groups in total. The first-order valence-electron chi connectivity index (χ1n) is 12.6. The zero-order chi connectivity index (χ0) is 18.9. The van der Waals surface area contributed by atoms with Crippen LogP contribution in [0.1, 0.15) is 110 Å². The van der Waals surface area contributed by atoms with Gasteiger partial charge >= 0.3 is 0 Å². The molecule has 0 radical (unpaired) electrons. The topological polar surface area (TPSA) is 9.23 Å². The second-order valence-electron chi connectivity index (χ2n) is 10.1. The predicted molar refractivity (Wildman–Crippen MR) is 117 cm³/mol. The molecule has 27 heavy (non-hydrogen) atoms. The molecular formula is C26H46O. The van der Waals surface area contributed by atoms with E-state index in [9.17, 15) is 0 Å². The van der Waals surface area contributed by atoms with Crippen molar-refractivity contribution in [2.24, 2.45) is 29.6 Å². The van der Waals surface area contributed by atoms with E-state index in [4.69, 9.17) is 4.74 Å². The predicted octanol–water partition coefficient (Wildman–Crippen LogP) is 7.94. The molecule has 0 aromatic rings. The summed E-state index contributed by atoms with van der Waals surface area (Å²) < 4.78 is 6.31. The number of hydrogen-bond acceptors (Lipinski definition) is 1. The number of unbranched alkanes of at least 4 members (excludes halogenated alkanes) is 2. The first-order valence-corrected chi connectivity index (χ1v) is 12.6. The SMILES string of the molecule is CCCCCC1CCC(C2C=CC(OCC3CCC(CC)CC3)CC2)CC1. The monoisotopic (exact) mass is 374 g/mol. The Morgan fingerprint density at radius 2 is 1.41 bits per heavy atom. The molecule has 3 aliphatic carbocycles. The average molecular weight is 375 g/mol. The van der Waals surface area contributed by atoms with Gasteiger partial charge in [-0.2, -0.15) is 0 Å². The molecule has 0 heterocycles. The van der Waals surface area contributed by atoms with Gasteiger partial charge in [0.15, 0.2) is 0 Å². The molecule has 2 unspecified atom stereocenters. The molecular weight excluding hydrogens is 328 g/mol. The molecule has 3 aliphatic rings. The van der Waals surface area contributed by atoms with Gasteiger partial charge in [-0.05, 0) is 68.1 Å². The number of hydrogen-bond donors (Lipinski definition) is 0. The first kappa shape index (κ1) is 21.4. The first-order chi connectivity index (χ1) is 13.3. The van der Waals surface area contributed by atoms with Gasteiger partial charge < -0.3 is 4.74 Å². The van der Waals surface area contributed by atoms with Crippen molar-refractivity contribution in [2.75, 3.05) is 6.61 Å². The third-order valence-corrected chi connectivity index (χ3v) is 8.16. The lowest BCUT2D eigenvalue weighted by atomic mass is 9.72. The highest BCUT2D eigenvalue weighted by atomic mass is 16.5. The maximum absolute atomic E-state index is 6.31. The summed E-state index contributed by atoms with van der Waals surface area (Å²) in [7, 11) is 0. The summed E-state index contributed by atoms with van der Waals surface area (Å²) >= 11 is 0. The van der Waals surface area contributed by atoms with Gasteiger partial charge in [-0.3, -0.25) is 0 Å². The Morgan fingerprint density at radius 1 is 0.704 bits per heavy atom. The summed E-state index contributed by atoms with van der Waals surface area (Å²) in [5, 5.41) is 0. The van der Waals surface area contributed by atoms with E-state index >= 15 is 0 Å². The summed E-state index contributed by atoms with van der Waals surface area (Å²) in [6, 6.07) is 0. The van der Waals surface area contributed by atoms with E-state index in [2.05, 4.69) is 26.0 Å². The van der Waals surface area contributed by atoms with Gasteiger partial charge in [-0.1, -0.05) is 83.8 Å². The maximum atomic E-state index is 6.31. The van der Waals surface area contributed by atoms with Gasteiger partial charge in [0.1, 0.15) is 0 Å². The Labute approximate surface area is 169 Å². The zero-order valence-corrected chi connectivity index (χ0v) is 18.3. The van der Waals surface area contributed by atoms with Crippen LogP contribution in [0.25, 0.3) is 0 Å². The Balaban J connectivity index is 1.31. The van der Waals surface area contributed by atoms with Gasteiger partial charge in [0, 0.05) is 0 Å². The molecule has 0 spiro atoms. The van der Waals surface area contributed by atoms with Crippen molar-refractivity contribution in [1.82, 2.24) is 0 Å². The Morgan fingerprint density at radius 3 is 2.04 bits per heavy atom. The van der Waals surface area contributed by atoms with E-state index in [0.717, 1.165) is 36.2 Å². The van der Waals surface area contributed by atoms with Crippen molar-refractivity contribution < 1.29 is 4.74 Å². The highest BCUT2D eigenvalue weighted by Crippen LogP contribution is 2.39. The average Bonchev–Trinajstić information content (AvgIpc) is 2.74. The number of ether oxygens (including phenoxy) is 1. The number of rotatable bonds is 9. The van der Waals surface area contributed by atoms with E-state index in [1.54, 1.807) is 0 Å². The zero-order valence-electron chi connectivity index (χ0n) is 18.3. The fourth-order valence-electron chi connectivity index (χ4n) is 6.00. The van der Waals surface area contributed by atoms with Crippen molar-refractivity contribution in [3.8, 4) is 0 Å². The van der Waals surface area contributed by atoms with Crippen molar-refractivity contribution in [1.29, 1.82) is 0 Å². The van der Waals surface area contributed by atoms with E-state index in [-0.39, 0.29) is 0 Å². The van der Waals surface area contributed by atoms with Crippen LogP contribution in [0, 0.1) is 29.6 Å². The van der Waals surface area contributed by atoms with Crippen LogP contribution in [-0.4, -0.2) is 12.7 Å². The van der Waals surface area contributed by atoms with Gasteiger partial charge in [-0.15, -0.1) is 0 Å². The minimum Gasteiger partial charge on any atom is -0.374 e. The van der Waals surface area contributed by atoms with Crippen molar-refractivity contribution in [2.45, 2.75) is 116 Å². The van der Waals surface area contributed by atoms with Crippen LogP contribution >= 0.6 is 0 Å². The van der Waals surface area contributed by atoms with E-state index in [1.807, 2.05) is 0 Å². The Kier molecular flexibility index (Phi) is 9.23. The van der Waals surface area contributed by atoms with Crippen LogP contribution in [0.15, 0.2) is 12.2 Å². The van der Waals surface area contributed by atoms with Gasteiger partial charge in [0.25, 0.3) is 0 Å². The lowest BCUT2D eigenvalue weighted by Gasteiger charge is -2.35. The minimum atomic E-state index is 0.413. The lowest BCUT2D eigenvalue weighted by molar-refractivity contribution is 0.0289. The number of allylic oxidation sites excluding steroid dienone is 1. The summed E-state index contributed by atoms with van der Waals surface area (Å²) in [5.74, 6) is 4.69. The highest BCUT2D eigenvalue weighted by molar-refractivity contribution is 5.02. The van der Waals surface area contributed by atoms with Crippen LogP contribution in [0.3, 0.4) is 0 Å². The Hall–Kier alpha value is -0.300. The normalized spacial score (nSPS) is 37.4. The third-order valence-electron chi connectivity index (χ3n) is 8.16. The highest BCUT2D eigenvalue weighted by Gasteiger charge is 2.29. The fraction of sp³-hybridized carbons (Fsp3) is 0.923. The molecule has 0 aliphatic heterocycles. The second kappa shape index (κ2) is 11.6. The quantitative estimate of drug-likeness (QED) is 0.294. The molecule has 2 fully saturated rings. The molecule has 1 nitrogen and oxygen atoms in total. The molecule has 0 saturated heterocycles. The summed E-state index contributed by atoms with van der Waals surface area (Å²) in [6.45, 7) is 5.68. The van der Waals surface area contributed by atoms with Crippen LogP contribution in [0.5, 0.6) is 0 Å². The Bertz CT molecular complexity index is 412. The molecule has 0 aromatic heterocycles. The van der Waals surface area contributed by atoms with Gasteiger partial charge in [-0.25, -0.2) is 0 Å². The molecule has 156 valence electrons. The van der Waals surface area contributed by atoms with Gasteiger partial charge in [0.05, 0.1) is 12.7 Å². The second-order valence-corrected chi connectivity index (χ2v) is 10.1. The molecule has 1 heteroatoms. The van der Waals surface area contributed by atoms with Crippen LogP contribution in [-0.2, 0) is 4.74 Å². The summed E-state index contributed by atoms with van der Waals surface area (Å²) in [4.78, 5) is 0. The largest absolute Gasteiger partial charge is 0.374 e. The van der Waals surface area contributed by atoms with Crippen LogP contribution in [0.2, 0.25) is 0 Å².